The van der Waals surface area contributed by atoms with Crippen LogP contribution in [0, 0.1) is 11.8 Å². The van der Waals surface area contributed by atoms with Gasteiger partial charge in [0.1, 0.15) is 25.3 Å². The topological polar surface area (TPSA) is 143 Å². The van der Waals surface area contributed by atoms with Gasteiger partial charge >= 0.3 is 12.2 Å². The molecule has 11 nitrogen and oxygen atoms in total. The fraction of sp³-hybridized carbons (Fsp3) is 0.500. The van der Waals surface area contributed by atoms with E-state index >= 15 is 0 Å². The van der Waals surface area contributed by atoms with Crippen molar-refractivity contribution in [3.63, 3.8) is 0 Å². The first-order valence-corrected chi connectivity index (χ1v) is 15.6. The molecular weight excluding hydrogens is 576 g/mol. The minimum absolute atomic E-state index is 0.0606. The van der Waals surface area contributed by atoms with Crippen molar-refractivity contribution in [2.75, 3.05) is 13.1 Å². The maximum atomic E-state index is 13.5. The van der Waals surface area contributed by atoms with Gasteiger partial charge in [0.2, 0.25) is 11.8 Å². The Hall–Kier alpha value is -4.41. The molecule has 45 heavy (non-hydrogen) atoms. The van der Waals surface area contributed by atoms with E-state index in [1.807, 2.05) is 88.4 Å². The van der Waals surface area contributed by atoms with E-state index in [4.69, 9.17) is 9.47 Å². The number of benzene rings is 2. The summed E-state index contributed by atoms with van der Waals surface area (Å²) in [6.45, 7) is 7.95. The number of hydrogen-bond donors (Lipinski definition) is 3. The minimum Gasteiger partial charge on any atom is -0.445 e. The first-order valence-electron chi connectivity index (χ1n) is 15.6. The number of carbonyl (C=O) groups excluding carboxylic acids is 5. The Balaban J connectivity index is 1.57. The number of nitrogens with one attached hydrogen (secondary N) is 3. The third-order valence-electron chi connectivity index (χ3n) is 7.32. The fourth-order valence-corrected chi connectivity index (χ4v) is 5.07. The average Bonchev–Trinajstić information content (AvgIpc) is 3.19. The Morgan fingerprint density at radius 2 is 1.27 bits per heavy atom. The summed E-state index contributed by atoms with van der Waals surface area (Å²) in [4.78, 5) is 66.6. The Kier molecular flexibility index (Phi) is 13.9. The number of nitrogens with zero attached hydrogens (tertiary/aromatic N) is 1. The molecule has 0 radical (unpaired) electrons. The number of hydrogen-bond acceptors (Lipinski definition) is 7. The normalized spacial score (nSPS) is 16.4. The predicted molar refractivity (Wildman–Crippen MR) is 169 cm³/mol. The summed E-state index contributed by atoms with van der Waals surface area (Å²) < 4.78 is 10.6. The van der Waals surface area contributed by atoms with Gasteiger partial charge in [0.05, 0.1) is 12.6 Å². The maximum absolute atomic E-state index is 13.5. The molecule has 1 fully saturated rings. The molecule has 11 heteroatoms. The van der Waals surface area contributed by atoms with E-state index in [0.717, 1.165) is 11.1 Å². The zero-order valence-corrected chi connectivity index (χ0v) is 26.6. The van der Waals surface area contributed by atoms with Gasteiger partial charge in [0.25, 0.3) is 0 Å². The van der Waals surface area contributed by atoms with Gasteiger partial charge in [-0.3, -0.25) is 14.4 Å². The highest BCUT2D eigenvalue weighted by Crippen LogP contribution is 2.15. The molecule has 0 unspecified atom stereocenters. The summed E-state index contributed by atoms with van der Waals surface area (Å²) in [5.74, 6) is -1.01. The van der Waals surface area contributed by atoms with Gasteiger partial charge in [0.15, 0.2) is 5.78 Å². The molecule has 0 aliphatic carbocycles. The van der Waals surface area contributed by atoms with Crippen molar-refractivity contribution in [2.24, 2.45) is 11.8 Å². The van der Waals surface area contributed by atoms with Gasteiger partial charge in [0, 0.05) is 6.54 Å². The number of ketones is 1. The van der Waals surface area contributed by atoms with Gasteiger partial charge in [-0.25, -0.2) is 9.59 Å². The summed E-state index contributed by atoms with van der Waals surface area (Å²) in [7, 11) is 0. The van der Waals surface area contributed by atoms with Gasteiger partial charge in [-0.2, -0.15) is 0 Å². The maximum Gasteiger partial charge on any atom is 0.408 e. The smallest absolute Gasteiger partial charge is 0.408 e. The quantitative estimate of drug-likeness (QED) is 0.302. The van der Waals surface area contributed by atoms with E-state index in [0.29, 0.717) is 32.2 Å². The first kappa shape index (κ1) is 35.1. The molecule has 1 aliphatic heterocycles. The van der Waals surface area contributed by atoms with Crippen molar-refractivity contribution in [3.05, 3.63) is 71.8 Å². The summed E-state index contributed by atoms with van der Waals surface area (Å²) in [5.41, 5.74) is 1.64. The van der Waals surface area contributed by atoms with Gasteiger partial charge in [-0.1, -0.05) is 88.4 Å². The van der Waals surface area contributed by atoms with E-state index in [2.05, 4.69) is 16.0 Å². The predicted octanol–water partition coefficient (Wildman–Crippen LogP) is 4.34. The molecule has 0 saturated carbocycles. The van der Waals surface area contributed by atoms with Crippen LogP contribution in [0.15, 0.2) is 60.7 Å². The molecule has 4 amide bonds. The van der Waals surface area contributed by atoms with Crippen molar-refractivity contribution in [2.45, 2.75) is 84.7 Å². The number of Topliss-reactive ketones (excluding diaryl/α,β-unsaturated/α-hetero) is 1. The zero-order chi connectivity index (χ0) is 32.8. The van der Waals surface area contributed by atoms with Crippen LogP contribution >= 0.6 is 0 Å². The number of alkyl carbamates (subject to hydrolysis) is 2. The van der Waals surface area contributed by atoms with Crippen LogP contribution in [-0.2, 0) is 37.1 Å². The number of carbonyl (C=O) groups is 5. The third-order valence-corrected chi connectivity index (χ3v) is 7.32. The molecule has 3 rings (SSSR count). The molecule has 1 heterocycles. The molecule has 2 aromatic carbocycles. The van der Waals surface area contributed by atoms with Crippen LogP contribution < -0.4 is 16.0 Å². The lowest BCUT2D eigenvalue weighted by molar-refractivity contribution is -0.137. The lowest BCUT2D eigenvalue weighted by atomic mass is 10.0. The highest BCUT2D eigenvalue weighted by molar-refractivity contribution is 5.96. The molecule has 3 atom stereocenters. The second kappa shape index (κ2) is 17.8. The number of amides is 4. The number of ether oxygens (including phenoxy) is 2. The van der Waals surface area contributed by atoms with E-state index < -0.39 is 36.2 Å². The van der Waals surface area contributed by atoms with E-state index in [-0.39, 0.29) is 43.3 Å². The van der Waals surface area contributed by atoms with Crippen LogP contribution in [-0.4, -0.2) is 65.9 Å². The van der Waals surface area contributed by atoms with Crippen LogP contribution in [0.4, 0.5) is 9.59 Å². The SMILES string of the molecule is CC(C)C[C@H](NC(=O)OCc1ccccc1)C(=O)N[C@H]1CCCN(C(=O)[C@H](CC(C)C)NC(=O)OCc2ccccc2)CC1=O. The summed E-state index contributed by atoms with van der Waals surface area (Å²) >= 11 is 0. The Labute approximate surface area is 265 Å². The summed E-state index contributed by atoms with van der Waals surface area (Å²) in [6.07, 6.45) is 0.0808. The van der Waals surface area contributed by atoms with Crippen molar-refractivity contribution >= 4 is 29.8 Å². The van der Waals surface area contributed by atoms with Crippen LogP contribution in [0.2, 0.25) is 0 Å². The molecular formula is C34H46N4O7. The van der Waals surface area contributed by atoms with Crippen molar-refractivity contribution in [1.82, 2.24) is 20.9 Å². The van der Waals surface area contributed by atoms with E-state index in [9.17, 15) is 24.0 Å². The van der Waals surface area contributed by atoms with Crippen molar-refractivity contribution < 1.29 is 33.4 Å². The van der Waals surface area contributed by atoms with Crippen LogP contribution in [0.3, 0.4) is 0 Å². The Morgan fingerprint density at radius 3 is 1.78 bits per heavy atom. The van der Waals surface area contributed by atoms with Crippen LogP contribution in [0.5, 0.6) is 0 Å². The Bertz CT molecular complexity index is 1270. The lowest BCUT2D eigenvalue weighted by Gasteiger charge is -2.27. The highest BCUT2D eigenvalue weighted by atomic mass is 16.6. The van der Waals surface area contributed by atoms with Crippen molar-refractivity contribution in [3.8, 4) is 0 Å². The molecule has 0 bridgehead atoms. The van der Waals surface area contributed by atoms with E-state index in [1.165, 1.54) is 4.90 Å². The van der Waals surface area contributed by atoms with Gasteiger partial charge < -0.3 is 30.3 Å². The highest BCUT2D eigenvalue weighted by Gasteiger charge is 2.34. The summed E-state index contributed by atoms with van der Waals surface area (Å²) in [6, 6.07) is 15.8. The van der Waals surface area contributed by atoms with E-state index in [1.54, 1.807) is 0 Å². The molecule has 3 N–H and O–H groups in total. The summed E-state index contributed by atoms with van der Waals surface area (Å²) in [5, 5.41) is 8.11. The van der Waals surface area contributed by atoms with Gasteiger partial charge in [-0.15, -0.1) is 0 Å². The Morgan fingerprint density at radius 1 is 0.778 bits per heavy atom. The van der Waals surface area contributed by atoms with Crippen LogP contribution in [0.1, 0.15) is 64.5 Å². The molecule has 0 spiro atoms. The molecule has 244 valence electrons. The average molecular weight is 623 g/mol. The molecule has 1 saturated heterocycles. The lowest BCUT2D eigenvalue weighted by Crippen LogP contribution is -2.54. The zero-order valence-electron chi connectivity index (χ0n) is 26.6. The second-order valence-electron chi connectivity index (χ2n) is 12.2. The second-order valence-corrected chi connectivity index (χ2v) is 12.2. The molecule has 0 aromatic heterocycles. The van der Waals surface area contributed by atoms with Crippen molar-refractivity contribution in [1.29, 1.82) is 0 Å². The fourth-order valence-electron chi connectivity index (χ4n) is 5.07. The third kappa shape index (κ3) is 12.2. The molecule has 2 aromatic rings. The minimum atomic E-state index is -0.899. The van der Waals surface area contributed by atoms with Crippen LogP contribution in [0.25, 0.3) is 0 Å². The monoisotopic (exact) mass is 622 g/mol. The largest absolute Gasteiger partial charge is 0.445 e. The molecule has 1 aliphatic rings. The van der Waals surface area contributed by atoms with Gasteiger partial charge in [-0.05, 0) is 48.6 Å². The number of rotatable bonds is 13. The standard InChI is InChI=1S/C34H46N4O7/c1-23(2)18-28(36-33(42)44-21-25-12-7-5-8-13-25)31(40)35-27-16-11-17-38(20-30(27)39)32(41)29(19-24(3)4)37-34(43)45-22-26-14-9-6-10-15-26/h5-10,12-15,23-24,27-29H,11,16-22H2,1-4H3,(H,35,40)(H,36,42)(H,37,43)/t27-,28-,29-/m0/s1. The number of likely N-dealkylation sites (tertiary alicyclic amines) is 1. The first-order chi connectivity index (χ1) is 21.5.